The summed E-state index contributed by atoms with van der Waals surface area (Å²) in [7, 11) is 1.51. The first-order chi connectivity index (χ1) is 12.3. The molecule has 140 valence electrons. The zero-order valence-corrected chi connectivity index (χ0v) is 15.2. The zero-order valence-electron chi connectivity index (χ0n) is 15.2. The molecule has 2 fully saturated rings. The highest BCUT2D eigenvalue weighted by Crippen LogP contribution is 2.58. The molecule has 7 nitrogen and oxygen atoms in total. The molecule has 0 saturated heterocycles. The number of benzene rings is 1. The molecular formula is C19H24N2O5. The topological polar surface area (TPSA) is 105 Å². The van der Waals surface area contributed by atoms with Crippen molar-refractivity contribution >= 4 is 29.2 Å². The molecule has 2 aliphatic rings. The number of hydrogen-bond donors (Lipinski definition) is 3. The molecule has 2 atom stereocenters. The number of hydrogen-bond acceptors (Lipinski definition) is 4. The molecule has 1 aromatic rings. The molecule has 7 heteroatoms. The van der Waals surface area contributed by atoms with E-state index >= 15 is 0 Å². The van der Waals surface area contributed by atoms with Gasteiger partial charge in [-0.1, -0.05) is 20.3 Å². The molecule has 0 aliphatic heterocycles. The van der Waals surface area contributed by atoms with Gasteiger partial charge in [-0.25, -0.2) is 0 Å². The van der Waals surface area contributed by atoms with Gasteiger partial charge in [0.2, 0.25) is 11.8 Å². The summed E-state index contributed by atoms with van der Waals surface area (Å²) in [5, 5.41) is 14.8. The number of rotatable bonds is 6. The predicted molar refractivity (Wildman–Crippen MR) is 96.0 cm³/mol. The molecule has 2 aliphatic carbocycles. The van der Waals surface area contributed by atoms with Gasteiger partial charge in [-0.2, -0.15) is 0 Å². The van der Waals surface area contributed by atoms with Crippen molar-refractivity contribution in [3.8, 4) is 5.75 Å². The molecule has 1 aromatic carbocycles. The maximum atomic E-state index is 12.5. The van der Waals surface area contributed by atoms with Crippen LogP contribution in [0.1, 0.15) is 33.1 Å². The fraction of sp³-hybridized carbons (Fsp3) is 0.526. The smallest absolute Gasteiger partial charge is 0.307 e. The van der Waals surface area contributed by atoms with E-state index in [1.54, 1.807) is 32.0 Å². The Bertz CT molecular complexity index is 754. The van der Waals surface area contributed by atoms with Crippen molar-refractivity contribution in [2.75, 3.05) is 17.7 Å². The van der Waals surface area contributed by atoms with Crippen LogP contribution in [-0.4, -0.2) is 30.0 Å². The highest BCUT2D eigenvalue weighted by Gasteiger charge is 2.65. The van der Waals surface area contributed by atoms with Crippen LogP contribution in [0.15, 0.2) is 18.2 Å². The van der Waals surface area contributed by atoms with Crippen LogP contribution in [0.2, 0.25) is 0 Å². The van der Waals surface area contributed by atoms with Crippen molar-refractivity contribution < 1.29 is 24.2 Å². The Kier molecular flexibility index (Phi) is 4.64. The van der Waals surface area contributed by atoms with E-state index in [1.807, 2.05) is 0 Å². The largest absolute Gasteiger partial charge is 0.495 e. The molecule has 2 saturated carbocycles. The lowest BCUT2D eigenvalue weighted by Crippen LogP contribution is -2.28. The third kappa shape index (κ3) is 3.25. The summed E-state index contributed by atoms with van der Waals surface area (Å²) < 4.78 is 5.27. The molecule has 3 rings (SSSR count). The van der Waals surface area contributed by atoms with Crippen molar-refractivity contribution in [2.45, 2.75) is 33.1 Å². The van der Waals surface area contributed by atoms with E-state index in [-0.39, 0.29) is 17.7 Å². The van der Waals surface area contributed by atoms with E-state index < -0.39 is 23.2 Å². The number of ether oxygens (including phenoxy) is 1. The number of methoxy groups -OCH3 is 1. The van der Waals surface area contributed by atoms with Crippen molar-refractivity contribution in [2.24, 2.45) is 23.2 Å². The van der Waals surface area contributed by atoms with Crippen molar-refractivity contribution in [1.82, 2.24) is 0 Å². The lowest BCUT2D eigenvalue weighted by atomic mass is 9.85. The Labute approximate surface area is 152 Å². The first-order valence-corrected chi connectivity index (χ1v) is 8.78. The van der Waals surface area contributed by atoms with Crippen LogP contribution in [0.4, 0.5) is 11.4 Å². The number of aliphatic carboxylic acids is 1. The van der Waals surface area contributed by atoms with E-state index in [0.29, 0.717) is 17.1 Å². The van der Waals surface area contributed by atoms with Crippen LogP contribution in [0.5, 0.6) is 5.75 Å². The number of carboxylic acids is 1. The summed E-state index contributed by atoms with van der Waals surface area (Å²) in [6.07, 6.45) is 2.84. The molecule has 26 heavy (non-hydrogen) atoms. The van der Waals surface area contributed by atoms with Gasteiger partial charge in [0, 0.05) is 11.6 Å². The number of nitrogens with one attached hydrogen (secondary N) is 2. The average molecular weight is 360 g/mol. The van der Waals surface area contributed by atoms with Gasteiger partial charge in [0.1, 0.15) is 5.75 Å². The third-order valence-corrected chi connectivity index (χ3v) is 5.58. The van der Waals surface area contributed by atoms with Gasteiger partial charge in [0.25, 0.3) is 0 Å². The highest BCUT2D eigenvalue weighted by atomic mass is 16.5. The number of carbonyl (C=O) groups is 3. The number of anilines is 2. The highest BCUT2D eigenvalue weighted by molar-refractivity contribution is 6.01. The summed E-state index contributed by atoms with van der Waals surface area (Å²) in [5.41, 5.74) is 0.419. The van der Waals surface area contributed by atoms with Gasteiger partial charge in [-0.3, -0.25) is 14.4 Å². The quantitative estimate of drug-likeness (QED) is 0.723. The molecule has 0 aromatic heterocycles. The van der Waals surface area contributed by atoms with E-state index in [2.05, 4.69) is 10.6 Å². The third-order valence-electron chi connectivity index (χ3n) is 5.58. The fourth-order valence-electron chi connectivity index (χ4n) is 3.60. The maximum Gasteiger partial charge on any atom is 0.307 e. The minimum atomic E-state index is -0.960. The molecular weight excluding hydrogens is 336 g/mol. The van der Waals surface area contributed by atoms with Gasteiger partial charge in [0.05, 0.1) is 24.6 Å². The Balaban J connectivity index is 1.72. The average Bonchev–Trinajstić information content (AvgIpc) is 3.09. The SMILES string of the molecule is COc1ccc(NC(=O)[C@@H]2[C@@H](C(=O)O)C2(C)C)cc1NC(=O)C1CCC1. The summed E-state index contributed by atoms with van der Waals surface area (Å²) in [6, 6.07) is 4.97. The van der Waals surface area contributed by atoms with Crippen molar-refractivity contribution in [3.05, 3.63) is 18.2 Å². The number of carboxylic acid groups (broad SMARTS) is 1. The van der Waals surface area contributed by atoms with Crippen molar-refractivity contribution in [1.29, 1.82) is 0 Å². The fourth-order valence-corrected chi connectivity index (χ4v) is 3.60. The van der Waals surface area contributed by atoms with E-state index in [4.69, 9.17) is 4.74 Å². The maximum absolute atomic E-state index is 12.5. The molecule has 2 amide bonds. The molecule has 0 heterocycles. The van der Waals surface area contributed by atoms with Crippen molar-refractivity contribution in [3.63, 3.8) is 0 Å². The Morgan fingerprint density at radius 2 is 1.81 bits per heavy atom. The van der Waals surface area contributed by atoms with Gasteiger partial charge >= 0.3 is 5.97 Å². The van der Waals surface area contributed by atoms with Crippen LogP contribution in [0, 0.1) is 23.2 Å². The zero-order chi connectivity index (χ0) is 19.1. The minimum Gasteiger partial charge on any atom is -0.495 e. The van der Waals surface area contributed by atoms with Crippen LogP contribution >= 0.6 is 0 Å². The molecule has 0 spiro atoms. The van der Waals surface area contributed by atoms with Crippen LogP contribution in [-0.2, 0) is 14.4 Å². The van der Waals surface area contributed by atoms with Gasteiger partial charge in [-0.05, 0) is 36.5 Å². The summed E-state index contributed by atoms with van der Waals surface area (Å²) in [4.78, 5) is 35.9. The molecule has 0 unspecified atom stereocenters. The lowest BCUT2D eigenvalue weighted by Gasteiger charge is -2.24. The Morgan fingerprint density at radius 1 is 1.12 bits per heavy atom. The van der Waals surface area contributed by atoms with Crippen LogP contribution in [0.3, 0.4) is 0 Å². The second-order valence-corrected chi connectivity index (χ2v) is 7.64. The summed E-state index contributed by atoms with van der Waals surface area (Å²) >= 11 is 0. The van der Waals surface area contributed by atoms with Crippen LogP contribution in [0.25, 0.3) is 0 Å². The first kappa shape index (κ1) is 18.2. The minimum absolute atomic E-state index is 0.0292. The number of carbonyl (C=O) groups excluding carboxylic acids is 2. The Hall–Kier alpha value is -2.57. The van der Waals surface area contributed by atoms with E-state index in [9.17, 15) is 19.5 Å². The summed E-state index contributed by atoms with van der Waals surface area (Å²) in [5.74, 6) is -2.06. The molecule has 0 bridgehead atoms. The second-order valence-electron chi connectivity index (χ2n) is 7.64. The number of amides is 2. The van der Waals surface area contributed by atoms with Gasteiger partial charge in [0.15, 0.2) is 0 Å². The monoisotopic (exact) mass is 360 g/mol. The van der Waals surface area contributed by atoms with E-state index in [1.165, 1.54) is 7.11 Å². The molecule has 3 N–H and O–H groups in total. The van der Waals surface area contributed by atoms with Gasteiger partial charge < -0.3 is 20.5 Å². The predicted octanol–water partition coefficient (Wildman–Crippen LogP) is 2.73. The van der Waals surface area contributed by atoms with Gasteiger partial charge in [-0.15, -0.1) is 0 Å². The summed E-state index contributed by atoms with van der Waals surface area (Å²) in [6.45, 7) is 3.54. The Morgan fingerprint density at radius 3 is 2.31 bits per heavy atom. The molecule has 0 radical (unpaired) electrons. The standard InChI is InChI=1S/C19H24N2O5/c1-19(2)14(15(19)18(24)25)17(23)20-11-7-8-13(26-3)12(9-11)21-16(22)10-5-4-6-10/h7-10,14-15H,4-6H2,1-3H3,(H,20,23)(H,21,22)(H,24,25)/t14-,15-/m0/s1. The second kappa shape index (κ2) is 6.63. The van der Waals surface area contributed by atoms with E-state index in [0.717, 1.165) is 19.3 Å². The first-order valence-electron chi connectivity index (χ1n) is 8.78. The lowest BCUT2D eigenvalue weighted by molar-refractivity contribution is -0.140. The normalized spacial score (nSPS) is 23.5. The van der Waals surface area contributed by atoms with Crippen LogP contribution < -0.4 is 15.4 Å².